The number of rotatable bonds is 2. The van der Waals surface area contributed by atoms with Gasteiger partial charge in [-0.1, -0.05) is 12.5 Å². The van der Waals surface area contributed by atoms with Crippen LogP contribution in [0.3, 0.4) is 0 Å². The number of benzene rings is 1. The van der Waals surface area contributed by atoms with Crippen molar-refractivity contribution < 1.29 is 0 Å². The zero-order valence-electron chi connectivity index (χ0n) is 10.5. The molecule has 0 unspecified atom stereocenters. The minimum Gasteiger partial charge on any atom is -0.341 e. The van der Waals surface area contributed by atoms with Crippen LogP contribution in [0.15, 0.2) is 12.1 Å². The second-order valence-corrected chi connectivity index (χ2v) is 5.40. The molecule has 3 heteroatoms. The summed E-state index contributed by atoms with van der Waals surface area (Å²) in [6, 6.07) is 4.35. The van der Waals surface area contributed by atoms with Crippen molar-refractivity contribution in [3.8, 4) is 0 Å². The van der Waals surface area contributed by atoms with E-state index in [4.69, 9.17) is 10.7 Å². The first-order chi connectivity index (χ1) is 8.14. The van der Waals surface area contributed by atoms with Crippen molar-refractivity contribution >= 4 is 11.0 Å². The summed E-state index contributed by atoms with van der Waals surface area (Å²) in [7, 11) is 0. The number of aromatic nitrogens is 2. The first-order valence-electron chi connectivity index (χ1n) is 6.32. The molecule has 0 atom stereocenters. The standard InChI is InChI=1S/C14H19N3/c1-9-6-10(2)12-11(7-9)16-13(17-12)14(8-15)4-3-5-14/h6-7H,3-5,8,15H2,1-2H3,(H,16,17). The third kappa shape index (κ3) is 1.49. The molecule has 1 saturated carbocycles. The van der Waals surface area contributed by atoms with Crippen molar-refractivity contribution in [2.75, 3.05) is 6.54 Å². The Labute approximate surface area is 101 Å². The molecule has 0 spiro atoms. The number of hydrogen-bond acceptors (Lipinski definition) is 2. The van der Waals surface area contributed by atoms with Gasteiger partial charge in [-0.2, -0.15) is 0 Å². The zero-order valence-corrected chi connectivity index (χ0v) is 10.5. The van der Waals surface area contributed by atoms with E-state index in [1.54, 1.807) is 0 Å². The van der Waals surface area contributed by atoms with Crippen molar-refractivity contribution in [3.63, 3.8) is 0 Å². The van der Waals surface area contributed by atoms with Gasteiger partial charge < -0.3 is 10.7 Å². The van der Waals surface area contributed by atoms with E-state index >= 15 is 0 Å². The number of H-pyrrole nitrogens is 1. The molecule has 0 radical (unpaired) electrons. The van der Waals surface area contributed by atoms with Gasteiger partial charge in [-0.3, -0.25) is 0 Å². The summed E-state index contributed by atoms with van der Waals surface area (Å²) in [5.74, 6) is 1.09. The van der Waals surface area contributed by atoms with Gasteiger partial charge in [0.2, 0.25) is 0 Å². The molecule has 1 fully saturated rings. The Hall–Kier alpha value is -1.35. The summed E-state index contributed by atoms with van der Waals surface area (Å²) < 4.78 is 0. The third-order valence-corrected chi connectivity index (χ3v) is 4.13. The Bertz CT molecular complexity index is 559. The van der Waals surface area contributed by atoms with Gasteiger partial charge in [0, 0.05) is 12.0 Å². The predicted octanol–water partition coefficient (Wildman–Crippen LogP) is 2.56. The molecule has 1 aromatic carbocycles. The van der Waals surface area contributed by atoms with E-state index in [-0.39, 0.29) is 5.41 Å². The van der Waals surface area contributed by atoms with Crippen LogP contribution in [-0.2, 0) is 5.41 Å². The summed E-state index contributed by atoms with van der Waals surface area (Å²) in [5.41, 5.74) is 10.8. The quantitative estimate of drug-likeness (QED) is 0.831. The highest BCUT2D eigenvalue weighted by atomic mass is 15.0. The van der Waals surface area contributed by atoms with Crippen molar-refractivity contribution in [3.05, 3.63) is 29.1 Å². The molecule has 90 valence electrons. The number of aromatic amines is 1. The Balaban J connectivity index is 2.16. The predicted molar refractivity (Wildman–Crippen MR) is 70.2 cm³/mol. The van der Waals surface area contributed by atoms with Crippen LogP contribution in [0.2, 0.25) is 0 Å². The summed E-state index contributed by atoms with van der Waals surface area (Å²) in [4.78, 5) is 8.26. The first-order valence-corrected chi connectivity index (χ1v) is 6.32. The molecule has 0 saturated heterocycles. The van der Waals surface area contributed by atoms with Gasteiger partial charge in [0.1, 0.15) is 5.82 Å². The molecule has 1 aliphatic rings. The molecule has 1 aromatic heterocycles. The van der Waals surface area contributed by atoms with Crippen LogP contribution in [0.1, 0.15) is 36.2 Å². The van der Waals surface area contributed by atoms with E-state index in [0.717, 1.165) is 16.9 Å². The smallest absolute Gasteiger partial charge is 0.114 e. The highest BCUT2D eigenvalue weighted by Crippen LogP contribution is 2.42. The van der Waals surface area contributed by atoms with Crippen LogP contribution in [0, 0.1) is 13.8 Å². The molecule has 0 aliphatic heterocycles. The molecule has 3 nitrogen and oxygen atoms in total. The normalized spacial score (nSPS) is 18.3. The summed E-state index contributed by atoms with van der Waals surface area (Å²) >= 11 is 0. The van der Waals surface area contributed by atoms with Crippen LogP contribution in [0.25, 0.3) is 11.0 Å². The Morgan fingerprint density at radius 3 is 2.71 bits per heavy atom. The first kappa shape index (κ1) is 10.8. The average Bonchev–Trinajstić information content (AvgIpc) is 2.61. The summed E-state index contributed by atoms with van der Waals surface area (Å²) in [5, 5.41) is 0. The van der Waals surface area contributed by atoms with Crippen LogP contribution in [-0.4, -0.2) is 16.5 Å². The number of hydrogen-bond donors (Lipinski definition) is 2. The van der Waals surface area contributed by atoms with E-state index < -0.39 is 0 Å². The van der Waals surface area contributed by atoms with Gasteiger partial charge in [-0.25, -0.2) is 4.98 Å². The highest BCUT2D eigenvalue weighted by Gasteiger charge is 2.40. The number of imidazole rings is 1. The molecular formula is C14H19N3. The number of nitrogens with one attached hydrogen (secondary N) is 1. The largest absolute Gasteiger partial charge is 0.341 e. The molecule has 3 rings (SSSR count). The molecule has 17 heavy (non-hydrogen) atoms. The van der Waals surface area contributed by atoms with Gasteiger partial charge in [-0.05, 0) is 43.9 Å². The third-order valence-electron chi connectivity index (χ3n) is 4.13. The van der Waals surface area contributed by atoms with Gasteiger partial charge in [-0.15, -0.1) is 0 Å². The Morgan fingerprint density at radius 1 is 1.35 bits per heavy atom. The van der Waals surface area contributed by atoms with Gasteiger partial charge in [0.05, 0.1) is 11.0 Å². The molecular weight excluding hydrogens is 210 g/mol. The van der Waals surface area contributed by atoms with Crippen molar-refractivity contribution in [2.24, 2.45) is 5.73 Å². The molecule has 0 bridgehead atoms. The molecule has 0 amide bonds. The van der Waals surface area contributed by atoms with E-state index in [0.29, 0.717) is 6.54 Å². The number of nitrogens with zero attached hydrogens (tertiary/aromatic N) is 1. The molecule has 2 aromatic rings. The lowest BCUT2D eigenvalue weighted by atomic mass is 9.68. The second kappa shape index (κ2) is 3.57. The topological polar surface area (TPSA) is 54.7 Å². The van der Waals surface area contributed by atoms with Crippen molar-refractivity contribution in [2.45, 2.75) is 38.5 Å². The van der Waals surface area contributed by atoms with Crippen molar-refractivity contribution in [1.82, 2.24) is 9.97 Å². The highest BCUT2D eigenvalue weighted by molar-refractivity contribution is 5.79. The summed E-state index contributed by atoms with van der Waals surface area (Å²) in [6.07, 6.45) is 3.61. The summed E-state index contributed by atoms with van der Waals surface area (Å²) in [6.45, 7) is 4.94. The van der Waals surface area contributed by atoms with Crippen LogP contribution in [0.4, 0.5) is 0 Å². The van der Waals surface area contributed by atoms with E-state index in [1.165, 1.54) is 30.4 Å². The monoisotopic (exact) mass is 229 g/mol. The lowest BCUT2D eigenvalue weighted by Gasteiger charge is -2.38. The fraction of sp³-hybridized carbons (Fsp3) is 0.500. The lowest BCUT2D eigenvalue weighted by molar-refractivity contribution is 0.240. The van der Waals surface area contributed by atoms with Crippen LogP contribution in [0.5, 0.6) is 0 Å². The van der Waals surface area contributed by atoms with Crippen molar-refractivity contribution in [1.29, 1.82) is 0 Å². The van der Waals surface area contributed by atoms with E-state index in [1.807, 2.05) is 0 Å². The van der Waals surface area contributed by atoms with Gasteiger partial charge >= 0.3 is 0 Å². The maximum absolute atomic E-state index is 5.93. The van der Waals surface area contributed by atoms with Crippen LogP contribution < -0.4 is 5.73 Å². The minimum absolute atomic E-state index is 0.124. The van der Waals surface area contributed by atoms with E-state index in [2.05, 4.69) is 31.0 Å². The second-order valence-electron chi connectivity index (χ2n) is 5.40. The van der Waals surface area contributed by atoms with Crippen LogP contribution >= 0.6 is 0 Å². The van der Waals surface area contributed by atoms with E-state index in [9.17, 15) is 0 Å². The fourth-order valence-electron chi connectivity index (χ4n) is 2.86. The molecule has 1 aliphatic carbocycles. The number of aryl methyl sites for hydroxylation is 2. The maximum atomic E-state index is 5.93. The fourth-order valence-corrected chi connectivity index (χ4v) is 2.86. The minimum atomic E-state index is 0.124. The number of nitrogens with two attached hydrogens (primary N) is 1. The Morgan fingerprint density at radius 2 is 2.12 bits per heavy atom. The number of fused-ring (bicyclic) bond motifs is 1. The van der Waals surface area contributed by atoms with Gasteiger partial charge in [0.25, 0.3) is 0 Å². The zero-order chi connectivity index (χ0) is 12.0. The molecule has 1 heterocycles. The Kier molecular flexibility index (Phi) is 2.26. The van der Waals surface area contributed by atoms with Gasteiger partial charge in [0.15, 0.2) is 0 Å². The molecule has 3 N–H and O–H groups in total. The average molecular weight is 229 g/mol. The SMILES string of the molecule is Cc1cc(C)c2nc(C3(CN)CCC3)[nH]c2c1. The lowest BCUT2D eigenvalue weighted by Crippen LogP contribution is -2.42. The maximum Gasteiger partial charge on any atom is 0.114 e.